The summed E-state index contributed by atoms with van der Waals surface area (Å²) in [5.74, 6) is -1.03. The van der Waals surface area contributed by atoms with Crippen LogP contribution in [0.3, 0.4) is 0 Å². The molecular formula is C13H19NO4. The second-order valence-corrected chi connectivity index (χ2v) is 4.62. The Balaban J connectivity index is 2.40. The van der Waals surface area contributed by atoms with Crippen molar-refractivity contribution in [3.63, 3.8) is 0 Å². The number of rotatable bonds is 7. The molecule has 1 aromatic heterocycles. The maximum absolute atomic E-state index is 10.7. The first-order valence-electron chi connectivity index (χ1n) is 5.76. The molecule has 0 spiro atoms. The first-order chi connectivity index (χ1) is 8.44. The highest BCUT2D eigenvalue weighted by Gasteiger charge is 2.15. The maximum Gasteiger partial charge on any atom is 0.354 e. The molecule has 0 atom stereocenters. The van der Waals surface area contributed by atoms with E-state index in [1.807, 2.05) is 13.8 Å². The fourth-order valence-corrected chi connectivity index (χ4v) is 1.29. The van der Waals surface area contributed by atoms with Crippen LogP contribution in [0.25, 0.3) is 0 Å². The number of aromatic nitrogens is 1. The smallest absolute Gasteiger partial charge is 0.354 e. The fourth-order valence-electron chi connectivity index (χ4n) is 1.29. The number of carboxylic acids is 1. The molecule has 5 nitrogen and oxygen atoms in total. The molecule has 0 unspecified atom stereocenters. The van der Waals surface area contributed by atoms with Gasteiger partial charge in [-0.1, -0.05) is 0 Å². The van der Waals surface area contributed by atoms with Crippen molar-refractivity contribution in [2.24, 2.45) is 0 Å². The van der Waals surface area contributed by atoms with Crippen molar-refractivity contribution < 1.29 is 19.4 Å². The molecule has 18 heavy (non-hydrogen) atoms. The van der Waals surface area contributed by atoms with Crippen molar-refractivity contribution in [3.8, 4) is 0 Å². The third-order valence-corrected chi connectivity index (χ3v) is 2.71. The lowest BCUT2D eigenvalue weighted by Gasteiger charge is -2.22. The normalized spacial score (nSPS) is 11.5. The molecule has 1 heterocycles. The second kappa shape index (κ2) is 6.47. The predicted octanol–water partition coefficient (Wildman–Crippen LogP) is 2.11. The fraction of sp³-hybridized carbons (Fsp3) is 0.538. The van der Waals surface area contributed by atoms with Crippen LogP contribution in [-0.4, -0.2) is 35.4 Å². The second-order valence-electron chi connectivity index (χ2n) is 4.62. The highest BCUT2D eigenvalue weighted by Crippen LogP contribution is 2.13. The van der Waals surface area contributed by atoms with Gasteiger partial charge in [0.25, 0.3) is 0 Å². The van der Waals surface area contributed by atoms with Crippen molar-refractivity contribution in [2.45, 2.75) is 32.5 Å². The molecule has 5 heteroatoms. The Morgan fingerprint density at radius 1 is 1.50 bits per heavy atom. The van der Waals surface area contributed by atoms with E-state index in [-0.39, 0.29) is 11.3 Å². The minimum atomic E-state index is -1.03. The minimum absolute atomic E-state index is 0.0355. The summed E-state index contributed by atoms with van der Waals surface area (Å²) in [7, 11) is 1.67. The molecule has 1 aromatic rings. The van der Waals surface area contributed by atoms with Crippen molar-refractivity contribution in [3.05, 3.63) is 29.6 Å². The van der Waals surface area contributed by atoms with Gasteiger partial charge in [0, 0.05) is 19.9 Å². The van der Waals surface area contributed by atoms with Crippen molar-refractivity contribution in [1.82, 2.24) is 4.98 Å². The van der Waals surface area contributed by atoms with Crippen molar-refractivity contribution in [1.29, 1.82) is 0 Å². The summed E-state index contributed by atoms with van der Waals surface area (Å²) in [6.45, 7) is 4.92. The standard InChI is InChI=1S/C13H19NO4/c1-13(2,17-3)5-7-18-9-10-4-6-14-11(8-10)12(15)16/h4,6,8H,5,7,9H2,1-3H3,(H,15,16). The Labute approximate surface area is 107 Å². The van der Waals surface area contributed by atoms with E-state index >= 15 is 0 Å². The molecule has 0 bridgehead atoms. The maximum atomic E-state index is 10.7. The van der Waals surface area contributed by atoms with Crippen LogP contribution < -0.4 is 0 Å². The third-order valence-electron chi connectivity index (χ3n) is 2.71. The van der Waals surface area contributed by atoms with Crippen molar-refractivity contribution in [2.75, 3.05) is 13.7 Å². The molecule has 100 valence electrons. The summed E-state index contributed by atoms with van der Waals surface area (Å²) < 4.78 is 10.8. The molecule has 0 aliphatic heterocycles. The van der Waals surface area contributed by atoms with E-state index in [4.69, 9.17) is 14.6 Å². The van der Waals surface area contributed by atoms with Gasteiger partial charge in [0.2, 0.25) is 0 Å². The first kappa shape index (κ1) is 14.6. The van der Waals surface area contributed by atoms with Crippen molar-refractivity contribution >= 4 is 5.97 Å². The van der Waals surface area contributed by atoms with Crippen LogP contribution in [0, 0.1) is 0 Å². The zero-order valence-electron chi connectivity index (χ0n) is 11.0. The summed E-state index contributed by atoms with van der Waals surface area (Å²) in [6.07, 6.45) is 2.25. The molecule has 0 aliphatic carbocycles. The zero-order chi connectivity index (χ0) is 13.6. The largest absolute Gasteiger partial charge is 0.477 e. The first-order valence-corrected chi connectivity index (χ1v) is 5.76. The lowest BCUT2D eigenvalue weighted by molar-refractivity contribution is -0.0124. The summed E-state index contributed by atoms with van der Waals surface area (Å²) in [5.41, 5.74) is 0.635. The van der Waals surface area contributed by atoms with Crippen LogP contribution in [-0.2, 0) is 16.1 Å². The SMILES string of the molecule is COC(C)(C)CCOCc1ccnc(C(=O)O)c1. The summed E-state index contributed by atoms with van der Waals surface area (Å²) >= 11 is 0. The Kier molecular flexibility index (Phi) is 5.25. The molecule has 0 amide bonds. The van der Waals surface area contributed by atoms with E-state index in [0.29, 0.717) is 13.2 Å². The van der Waals surface area contributed by atoms with E-state index in [0.717, 1.165) is 12.0 Å². The average molecular weight is 253 g/mol. The molecule has 0 radical (unpaired) electrons. The summed E-state index contributed by atoms with van der Waals surface area (Å²) in [4.78, 5) is 14.5. The monoisotopic (exact) mass is 253 g/mol. The van der Waals surface area contributed by atoms with Crippen LogP contribution in [0.4, 0.5) is 0 Å². The summed E-state index contributed by atoms with van der Waals surface area (Å²) in [6, 6.07) is 3.26. The number of aromatic carboxylic acids is 1. The van der Waals surface area contributed by atoms with E-state index in [2.05, 4.69) is 4.98 Å². The molecule has 0 aromatic carbocycles. The minimum Gasteiger partial charge on any atom is -0.477 e. The van der Waals surface area contributed by atoms with E-state index in [1.54, 1.807) is 13.2 Å². The molecule has 1 rings (SSSR count). The summed E-state index contributed by atoms with van der Waals surface area (Å²) in [5, 5.41) is 8.80. The van der Waals surface area contributed by atoms with Crippen LogP contribution in [0.2, 0.25) is 0 Å². The number of hydrogen-bond donors (Lipinski definition) is 1. The highest BCUT2D eigenvalue weighted by atomic mass is 16.5. The Bertz CT molecular complexity index is 404. The van der Waals surface area contributed by atoms with Gasteiger partial charge in [0.15, 0.2) is 0 Å². The third kappa shape index (κ3) is 4.81. The van der Waals surface area contributed by atoms with Gasteiger partial charge >= 0.3 is 5.97 Å². The Morgan fingerprint density at radius 3 is 2.83 bits per heavy atom. The van der Waals surface area contributed by atoms with Gasteiger partial charge in [-0.05, 0) is 38.0 Å². The highest BCUT2D eigenvalue weighted by molar-refractivity contribution is 5.85. The van der Waals surface area contributed by atoms with Gasteiger partial charge in [0.1, 0.15) is 5.69 Å². The van der Waals surface area contributed by atoms with E-state index in [9.17, 15) is 4.79 Å². The lowest BCUT2D eigenvalue weighted by atomic mass is 10.1. The van der Waals surface area contributed by atoms with Gasteiger partial charge in [-0.25, -0.2) is 9.78 Å². The molecule has 0 saturated heterocycles. The van der Waals surface area contributed by atoms with Gasteiger partial charge in [-0.3, -0.25) is 0 Å². The number of ether oxygens (including phenoxy) is 2. The van der Waals surface area contributed by atoms with Crippen LogP contribution in [0.1, 0.15) is 36.3 Å². The zero-order valence-corrected chi connectivity index (χ0v) is 11.0. The van der Waals surface area contributed by atoms with E-state index < -0.39 is 5.97 Å². The molecule has 0 aliphatic rings. The molecular weight excluding hydrogens is 234 g/mol. The molecule has 1 N–H and O–H groups in total. The van der Waals surface area contributed by atoms with Gasteiger partial charge in [-0.2, -0.15) is 0 Å². The van der Waals surface area contributed by atoms with Crippen LogP contribution in [0.15, 0.2) is 18.3 Å². The number of nitrogens with zero attached hydrogens (tertiary/aromatic N) is 1. The number of pyridine rings is 1. The van der Waals surface area contributed by atoms with Gasteiger partial charge < -0.3 is 14.6 Å². The number of hydrogen-bond acceptors (Lipinski definition) is 4. The number of methoxy groups -OCH3 is 1. The Hall–Kier alpha value is -1.46. The molecule has 0 fully saturated rings. The van der Waals surface area contributed by atoms with Gasteiger partial charge in [0.05, 0.1) is 12.2 Å². The average Bonchev–Trinajstić information content (AvgIpc) is 2.35. The quantitative estimate of drug-likeness (QED) is 0.754. The predicted molar refractivity (Wildman–Crippen MR) is 66.6 cm³/mol. The number of carboxylic acid groups (broad SMARTS) is 1. The Morgan fingerprint density at radius 2 is 2.22 bits per heavy atom. The van der Waals surface area contributed by atoms with Gasteiger partial charge in [-0.15, -0.1) is 0 Å². The topological polar surface area (TPSA) is 68.7 Å². The van der Waals surface area contributed by atoms with Crippen LogP contribution in [0.5, 0.6) is 0 Å². The van der Waals surface area contributed by atoms with E-state index in [1.165, 1.54) is 12.3 Å². The molecule has 0 saturated carbocycles. The lowest BCUT2D eigenvalue weighted by Crippen LogP contribution is -2.24. The number of carbonyl (C=O) groups is 1. The van der Waals surface area contributed by atoms with Crippen LogP contribution >= 0.6 is 0 Å².